The number of rotatable bonds is 6. The number of aromatic nitrogens is 2. The maximum atomic E-state index is 5.59. The van der Waals surface area contributed by atoms with Gasteiger partial charge in [0.25, 0.3) is 0 Å². The summed E-state index contributed by atoms with van der Waals surface area (Å²) in [6.45, 7) is 1.21. The average Bonchev–Trinajstić information content (AvgIpc) is 2.83. The van der Waals surface area contributed by atoms with Crippen molar-refractivity contribution in [2.75, 3.05) is 19.0 Å². The van der Waals surface area contributed by atoms with E-state index >= 15 is 0 Å². The molecule has 1 heterocycles. The van der Waals surface area contributed by atoms with Crippen LogP contribution in [-0.4, -0.2) is 23.2 Å². The molecule has 2 aromatic rings. The lowest BCUT2D eigenvalue weighted by Gasteiger charge is -2.03. The predicted octanol–water partition coefficient (Wildman–Crippen LogP) is 2.34. The molecule has 0 saturated carbocycles. The molecule has 1 aromatic carbocycles. The normalized spacial score (nSPS) is 10.4. The number of anilines is 1. The van der Waals surface area contributed by atoms with E-state index in [4.69, 9.17) is 4.74 Å². The van der Waals surface area contributed by atoms with Crippen molar-refractivity contribution in [1.29, 1.82) is 0 Å². The first kappa shape index (κ1) is 12.0. The number of benzene rings is 1. The van der Waals surface area contributed by atoms with E-state index < -0.39 is 0 Å². The fourth-order valence-corrected chi connectivity index (χ4v) is 2.01. The van der Waals surface area contributed by atoms with E-state index in [0.717, 1.165) is 17.1 Å². The van der Waals surface area contributed by atoms with E-state index in [1.54, 1.807) is 0 Å². The summed E-state index contributed by atoms with van der Waals surface area (Å²) in [5, 5.41) is 8.04. The minimum absolute atomic E-state index is 0.513. The molecule has 4 nitrogen and oxygen atoms in total. The third kappa shape index (κ3) is 3.51. The predicted molar refractivity (Wildman–Crippen MR) is 69.3 cm³/mol. The van der Waals surface area contributed by atoms with Crippen molar-refractivity contribution < 1.29 is 4.74 Å². The summed E-state index contributed by atoms with van der Waals surface area (Å²) in [5.74, 6) is 0. The van der Waals surface area contributed by atoms with Gasteiger partial charge in [-0.05, 0) is 12.0 Å². The third-order valence-electron chi connectivity index (χ3n) is 2.40. The van der Waals surface area contributed by atoms with E-state index in [1.807, 2.05) is 25.2 Å². The molecular weight excluding hydrogens is 234 g/mol. The van der Waals surface area contributed by atoms with Crippen LogP contribution in [-0.2, 0) is 17.8 Å². The Morgan fingerprint density at radius 2 is 2.12 bits per heavy atom. The minimum Gasteiger partial charge on any atom is -0.377 e. The number of hydrogen-bond donors (Lipinski definition) is 1. The minimum atomic E-state index is 0.513. The Morgan fingerprint density at radius 3 is 2.88 bits per heavy atom. The molecule has 90 valence electrons. The second-order valence-corrected chi connectivity index (χ2v) is 4.34. The molecule has 17 heavy (non-hydrogen) atoms. The van der Waals surface area contributed by atoms with Gasteiger partial charge >= 0.3 is 0 Å². The SMILES string of the molecule is CNc1snnc1COCCc1ccccc1. The first-order chi connectivity index (χ1) is 8.40. The smallest absolute Gasteiger partial charge is 0.135 e. The van der Waals surface area contributed by atoms with Gasteiger partial charge in [0, 0.05) is 18.6 Å². The van der Waals surface area contributed by atoms with Crippen LogP contribution in [0.4, 0.5) is 5.00 Å². The molecule has 0 unspecified atom stereocenters. The summed E-state index contributed by atoms with van der Waals surface area (Å²) in [4.78, 5) is 0. The molecule has 0 aliphatic heterocycles. The maximum absolute atomic E-state index is 5.59. The van der Waals surface area contributed by atoms with Crippen molar-refractivity contribution in [3.8, 4) is 0 Å². The Kier molecular flexibility index (Phi) is 4.46. The summed E-state index contributed by atoms with van der Waals surface area (Å²) in [6, 6.07) is 10.3. The van der Waals surface area contributed by atoms with E-state index in [0.29, 0.717) is 13.2 Å². The number of nitrogens with one attached hydrogen (secondary N) is 1. The standard InChI is InChI=1S/C12H15N3OS/c1-13-12-11(14-15-17-12)9-16-8-7-10-5-3-2-4-6-10/h2-6,13H,7-9H2,1H3. The second-order valence-electron chi connectivity index (χ2n) is 3.59. The molecule has 0 fully saturated rings. The highest BCUT2D eigenvalue weighted by molar-refractivity contribution is 7.10. The van der Waals surface area contributed by atoms with E-state index in [1.165, 1.54) is 17.1 Å². The van der Waals surface area contributed by atoms with E-state index in [9.17, 15) is 0 Å². The van der Waals surface area contributed by atoms with Crippen molar-refractivity contribution in [2.45, 2.75) is 13.0 Å². The summed E-state index contributed by atoms with van der Waals surface area (Å²) >= 11 is 1.35. The Morgan fingerprint density at radius 1 is 1.29 bits per heavy atom. The topological polar surface area (TPSA) is 47.0 Å². The van der Waals surface area contributed by atoms with Crippen molar-refractivity contribution in [3.05, 3.63) is 41.6 Å². The highest BCUT2D eigenvalue weighted by atomic mass is 32.1. The maximum Gasteiger partial charge on any atom is 0.135 e. The molecule has 0 radical (unpaired) electrons. The fraction of sp³-hybridized carbons (Fsp3) is 0.333. The number of ether oxygens (including phenoxy) is 1. The molecular formula is C12H15N3OS. The summed E-state index contributed by atoms with van der Waals surface area (Å²) in [6.07, 6.45) is 0.924. The third-order valence-corrected chi connectivity index (χ3v) is 3.19. The van der Waals surface area contributed by atoms with Gasteiger partial charge in [-0.15, -0.1) is 5.10 Å². The zero-order valence-electron chi connectivity index (χ0n) is 9.72. The Bertz CT molecular complexity index is 444. The first-order valence-corrected chi connectivity index (χ1v) is 6.28. The number of nitrogens with zero attached hydrogens (tertiary/aromatic N) is 2. The van der Waals surface area contributed by atoms with Crippen molar-refractivity contribution >= 4 is 16.5 Å². The van der Waals surface area contributed by atoms with Gasteiger partial charge in [-0.2, -0.15) is 0 Å². The highest BCUT2D eigenvalue weighted by Gasteiger charge is 2.05. The van der Waals surface area contributed by atoms with Gasteiger partial charge < -0.3 is 10.1 Å². The van der Waals surface area contributed by atoms with Gasteiger partial charge in [-0.3, -0.25) is 0 Å². The summed E-state index contributed by atoms with van der Waals surface area (Å²) in [7, 11) is 1.86. The van der Waals surface area contributed by atoms with Gasteiger partial charge in [-0.25, -0.2) is 0 Å². The summed E-state index contributed by atoms with van der Waals surface area (Å²) < 4.78 is 9.47. The van der Waals surface area contributed by atoms with Gasteiger partial charge in [0.15, 0.2) is 0 Å². The molecule has 0 amide bonds. The van der Waals surface area contributed by atoms with E-state index in [-0.39, 0.29) is 0 Å². The zero-order valence-corrected chi connectivity index (χ0v) is 10.5. The molecule has 0 aliphatic rings. The van der Waals surface area contributed by atoms with Crippen LogP contribution in [0.1, 0.15) is 11.3 Å². The quantitative estimate of drug-likeness (QED) is 0.798. The Hall–Kier alpha value is -1.46. The van der Waals surface area contributed by atoms with Gasteiger partial charge in [-0.1, -0.05) is 34.8 Å². The first-order valence-electron chi connectivity index (χ1n) is 5.51. The molecule has 0 aliphatic carbocycles. The van der Waals surface area contributed by atoms with Crippen LogP contribution in [0, 0.1) is 0 Å². The van der Waals surface area contributed by atoms with Crippen molar-refractivity contribution in [2.24, 2.45) is 0 Å². The lowest BCUT2D eigenvalue weighted by atomic mass is 10.2. The Balaban J connectivity index is 1.73. The molecule has 0 atom stereocenters. The van der Waals surface area contributed by atoms with Gasteiger partial charge in [0.2, 0.25) is 0 Å². The van der Waals surface area contributed by atoms with Crippen LogP contribution in [0.3, 0.4) is 0 Å². The van der Waals surface area contributed by atoms with Crippen LogP contribution in [0.2, 0.25) is 0 Å². The van der Waals surface area contributed by atoms with Crippen LogP contribution >= 0.6 is 11.5 Å². The highest BCUT2D eigenvalue weighted by Crippen LogP contribution is 2.17. The Labute approximate surface area is 105 Å². The molecule has 0 saturated heterocycles. The average molecular weight is 249 g/mol. The lowest BCUT2D eigenvalue weighted by Crippen LogP contribution is -2.01. The molecule has 1 aromatic heterocycles. The fourth-order valence-electron chi connectivity index (χ4n) is 1.50. The monoisotopic (exact) mass is 249 g/mol. The molecule has 0 spiro atoms. The van der Waals surface area contributed by atoms with Gasteiger partial charge in [0.05, 0.1) is 13.2 Å². The second kappa shape index (κ2) is 6.32. The molecule has 5 heteroatoms. The number of hydrogen-bond acceptors (Lipinski definition) is 5. The van der Waals surface area contributed by atoms with Crippen LogP contribution in [0.25, 0.3) is 0 Å². The zero-order chi connectivity index (χ0) is 11.9. The van der Waals surface area contributed by atoms with Crippen LogP contribution in [0.15, 0.2) is 30.3 Å². The van der Waals surface area contributed by atoms with Crippen LogP contribution in [0.5, 0.6) is 0 Å². The summed E-state index contributed by atoms with van der Waals surface area (Å²) in [5.41, 5.74) is 2.17. The molecule has 2 rings (SSSR count). The van der Waals surface area contributed by atoms with Gasteiger partial charge in [0.1, 0.15) is 10.7 Å². The van der Waals surface area contributed by atoms with Crippen molar-refractivity contribution in [1.82, 2.24) is 9.59 Å². The largest absolute Gasteiger partial charge is 0.377 e. The van der Waals surface area contributed by atoms with Crippen molar-refractivity contribution in [3.63, 3.8) is 0 Å². The van der Waals surface area contributed by atoms with Crippen LogP contribution < -0.4 is 5.32 Å². The molecule has 1 N–H and O–H groups in total. The molecule has 0 bridgehead atoms. The lowest BCUT2D eigenvalue weighted by molar-refractivity contribution is 0.121. The van der Waals surface area contributed by atoms with E-state index in [2.05, 4.69) is 27.0 Å².